The molecule has 1 N–H and O–H groups in total. The van der Waals surface area contributed by atoms with Gasteiger partial charge in [-0.3, -0.25) is 0 Å². The molecule has 126 valence electrons. The van der Waals surface area contributed by atoms with Crippen LogP contribution in [0.5, 0.6) is 0 Å². The lowest BCUT2D eigenvalue weighted by atomic mass is 9.89. The predicted molar refractivity (Wildman–Crippen MR) is 90.5 cm³/mol. The summed E-state index contributed by atoms with van der Waals surface area (Å²) >= 11 is 0. The van der Waals surface area contributed by atoms with E-state index in [1.165, 1.54) is 51.4 Å². The first-order valence-electron chi connectivity index (χ1n) is 8.88. The van der Waals surface area contributed by atoms with Crippen LogP contribution in [0, 0.1) is 5.92 Å². The van der Waals surface area contributed by atoms with E-state index in [2.05, 4.69) is 13.8 Å². The highest BCUT2D eigenvalue weighted by molar-refractivity contribution is 5.72. The van der Waals surface area contributed by atoms with E-state index in [1.54, 1.807) is 0 Å². The Kier molecular flexibility index (Phi) is 10.8. The van der Waals surface area contributed by atoms with Crippen LogP contribution in [0.25, 0.3) is 0 Å². The Morgan fingerprint density at radius 1 is 0.905 bits per heavy atom. The summed E-state index contributed by atoms with van der Waals surface area (Å²) < 4.78 is 0.519. The second-order valence-electron chi connectivity index (χ2n) is 7.33. The Bertz CT molecular complexity index is 271. The quantitative estimate of drug-likeness (QED) is 0.395. The molecule has 3 heteroatoms. The van der Waals surface area contributed by atoms with Gasteiger partial charge in [-0.15, -0.1) is 0 Å². The van der Waals surface area contributed by atoms with Gasteiger partial charge in [0.15, 0.2) is 6.04 Å². The van der Waals surface area contributed by atoms with Gasteiger partial charge in [0.05, 0.1) is 21.1 Å². The third-order valence-corrected chi connectivity index (χ3v) is 4.49. The van der Waals surface area contributed by atoms with E-state index in [0.717, 1.165) is 12.8 Å². The summed E-state index contributed by atoms with van der Waals surface area (Å²) in [5, 5.41) is 9.52. The topological polar surface area (TPSA) is 37.3 Å². The zero-order valence-corrected chi connectivity index (χ0v) is 15.0. The highest BCUT2D eigenvalue weighted by Gasteiger charge is 2.37. The maximum Gasteiger partial charge on any atom is 0.362 e. The monoisotopic (exact) mass is 300 g/mol. The van der Waals surface area contributed by atoms with Gasteiger partial charge >= 0.3 is 5.97 Å². The van der Waals surface area contributed by atoms with Crippen LogP contribution in [0.15, 0.2) is 0 Å². The maximum absolute atomic E-state index is 11.6. The highest BCUT2D eigenvalue weighted by Crippen LogP contribution is 2.24. The summed E-state index contributed by atoms with van der Waals surface area (Å²) in [5.41, 5.74) is 0. The molecule has 0 radical (unpaired) electrons. The first-order valence-corrected chi connectivity index (χ1v) is 8.88. The highest BCUT2D eigenvalue weighted by atomic mass is 16.4. The lowest BCUT2D eigenvalue weighted by Crippen LogP contribution is -2.53. The second kappa shape index (κ2) is 11.1. The molecule has 0 aromatic heterocycles. The van der Waals surface area contributed by atoms with Crippen LogP contribution >= 0.6 is 0 Å². The number of nitrogens with zero attached hydrogens (tertiary/aromatic N) is 1. The fraction of sp³-hybridized carbons (Fsp3) is 0.944. The minimum atomic E-state index is -0.645. The normalized spacial score (nSPS) is 14.9. The van der Waals surface area contributed by atoms with Crippen LogP contribution in [0.1, 0.15) is 78.1 Å². The average Bonchev–Trinajstić information content (AvgIpc) is 2.38. The zero-order chi connectivity index (χ0) is 16.3. The Morgan fingerprint density at radius 3 is 1.76 bits per heavy atom. The first kappa shape index (κ1) is 20.4. The summed E-state index contributed by atoms with van der Waals surface area (Å²) in [6.45, 7) is 4.37. The molecule has 0 saturated heterocycles. The molecule has 0 aromatic carbocycles. The molecule has 0 aliphatic rings. The number of likely N-dealkylation sites (N-methyl/N-ethyl adjacent to an activating group) is 1. The predicted octanol–water partition coefficient (Wildman–Crippen LogP) is 4.70. The second-order valence-corrected chi connectivity index (χ2v) is 7.33. The van der Waals surface area contributed by atoms with Gasteiger partial charge in [0.2, 0.25) is 0 Å². The van der Waals surface area contributed by atoms with Gasteiger partial charge in [-0.2, -0.15) is 0 Å². The van der Waals surface area contributed by atoms with Gasteiger partial charge in [-0.25, -0.2) is 4.79 Å². The molecule has 0 heterocycles. The van der Waals surface area contributed by atoms with Gasteiger partial charge in [0.25, 0.3) is 0 Å². The molecule has 21 heavy (non-hydrogen) atoms. The Hall–Kier alpha value is -0.570. The third-order valence-electron chi connectivity index (χ3n) is 4.49. The van der Waals surface area contributed by atoms with Gasteiger partial charge in [-0.1, -0.05) is 65.2 Å². The smallest absolute Gasteiger partial charge is 0.362 e. The van der Waals surface area contributed by atoms with E-state index >= 15 is 0 Å². The molecular formula is C18H38NO2+. The van der Waals surface area contributed by atoms with Crippen LogP contribution in [0.3, 0.4) is 0 Å². The van der Waals surface area contributed by atoms with Crippen LogP contribution in [0.4, 0.5) is 0 Å². The van der Waals surface area contributed by atoms with Crippen LogP contribution in [-0.2, 0) is 4.79 Å². The minimum Gasteiger partial charge on any atom is -0.477 e. The number of carbonyl (C=O) groups is 1. The molecule has 3 nitrogen and oxygen atoms in total. The Morgan fingerprint density at radius 2 is 1.38 bits per heavy atom. The van der Waals surface area contributed by atoms with Gasteiger partial charge in [0.1, 0.15) is 0 Å². The molecule has 0 amide bonds. The van der Waals surface area contributed by atoms with Gasteiger partial charge in [-0.05, 0) is 12.8 Å². The van der Waals surface area contributed by atoms with E-state index in [9.17, 15) is 9.90 Å². The van der Waals surface area contributed by atoms with Gasteiger partial charge in [0, 0.05) is 5.92 Å². The van der Waals surface area contributed by atoms with Gasteiger partial charge < -0.3 is 9.59 Å². The molecule has 2 unspecified atom stereocenters. The summed E-state index contributed by atoms with van der Waals surface area (Å²) in [5.74, 6) is -0.350. The van der Waals surface area contributed by atoms with E-state index in [0.29, 0.717) is 10.4 Å². The zero-order valence-electron chi connectivity index (χ0n) is 15.0. The molecule has 0 fully saturated rings. The van der Waals surface area contributed by atoms with Crippen molar-refractivity contribution in [3.8, 4) is 0 Å². The molecule has 2 atom stereocenters. The fourth-order valence-corrected chi connectivity index (χ4v) is 3.29. The van der Waals surface area contributed by atoms with Crippen molar-refractivity contribution in [2.24, 2.45) is 5.92 Å². The molecule has 0 aromatic rings. The molecule has 0 saturated carbocycles. The summed E-state index contributed by atoms with van der Waals surface area (Å²) in [4.78, 5) is 11.6. The third kappa shape index (κ3) is 9.13. The van der Waals surface area contributed by atoms with Crippen LogP contribution in [0.2, 0.25) is 0 Å². The number of carboxylic acid groups (broad SMARTS) is 1. The maximum atomic E-state index is 11.6. The molecule has 0 aliphatic heterocycles. The fourth-order valence-electron chi connectivity index (χ4n) is 3.29. The SMILES string of the molecule is CCCCCCCCCCC(CC)C(C(=O)O)[N+](C)(C)C. The van der Waals surface area contributed by atoms with Crippen molar-refractivity contribution < 1.29 is 14.4 Å². The number of aliphatic carboxylic acids is 1. The number of carboxylic acids is 1. The summed E-state index contributed by atoms with van der Waals surface area (Å²) in [6, 6.07) is -0.278. The number of unbranched alkanes of at least 4 members (excludes halogenated alkanes) is 7. The Balaban J connectivity index is 4.01. The number of rotatable bonds is 13. The molecular weight excluding hydrogens is 262 g/mol. The lowest BCUT2D eigenvalue weighted by molar-refractivity contribution is -0.891. The largest absolute Gasteiger partial charge is 0.477 e. The van der Waals surface area contributed by atoms with Crippen molar-refractivity contribution in [2.75, 3.05) is 21.1 Å². The van der Waals surface area contributed by atoms with Crippen molar-refractivity contribution in [1.29, 1.82) is 0 Å². The van der Waals surface area contributed by atoms with Crippen molar-refractivity contribution >= 4 is 5.97 Å². The number of hydrogen-bond acceptors (Lipinski definition) is 1. The first-order chi connectivity index (χ1) is 9.84. The molecule has 0 aliphatic carbocycles. The van der Waals surface area contributed by atoms with E-state index in [1.807, 2.05) is 21.1 Å². The van der Waals surface area contributed by atoms with E-state index < -0.39 is 5.97 Å². The van der Waals surface area contributed by atoms with Crippen molar-refractivity contribution in [1.82, 2.24) is 0 Å². The van der Waals surface area contributed by atoms with Crippen LogP contribution in [-0.4, -0.2) is 42.7 Å². The summed E-state index contributed by atoms with van der Waals surface area (Å²) in [6.07, 6.45) is 12.5. The van der Waals surface area contributed by atoms with E-state index in [-0.39, 0.29) is 6.04 Å². The summed E-state index contributed by atoms with van der Waals surface area (Å²) in [7, 11) is 5.99. The average molecular weight is 301 g/mol. The number of quaternary nitrogens is 1. The standard InChI is InChI=1S/C18H37NO2/c1-6-8-9-10-11-12-13-14-15-16(7-2)17(18(20)21)19(3,4)5/h16-17H,6-15H2,1-5H3/p+1. The minimum absolute atomic E-state index is 0.278. The van der Waals surface area contributed by atoms with Crippen LogP contribution < -0.4 is 0 Å². The van der Waals surface area contributed by atoms with E-state index in [4.69, 9.17) is 0 Å². The van der Waals surface area contributed by atoms with Crippen molar-refractivity contribution in [3.63, 3.8) is 0 Å². The van der Waals surface area contributed by atoms with Crippen molar-refractivity contribution in [3.05, 3.63) is 0 Å². The molecule has 0 rings (SSSR count). The number of hydrogen-bond donors (Lipinski definition) is 1. The lowest BCUT2D eigenvalue weighted by Gasteiger charge is -2.36. The Labute approximate surface area is 132 Å². The molecule has 0 spiro atoms. The van der Waals surface area contributed by atoms with Crippen molar-refractivity contribution in [2.45, 2.75) is 84.1 Å². The molecule has 0 bridgehead atoms.